The molecular formula is C14H24N2O3. The number of carbonyl (C=O) groups excluding carboxylic acids is 1. The molecule has 0 aromatic rings. The standard InChI is InChI=1S/C14H24N2O3/c1-5-7-16(8-6-2)14(19)15-10-12(13(17)18)9-11(3)4/h5-6,11-12H,1-2,7-10H2,3-4H3,(H,15,19)(H,17,18). The summed E-state index contributed by atoms with van der Waals surface area (Å²) in [6.07, 6.45) is 3.77. The summed E-state index contributed by atoms with van der Waals surface area (Å²) in [5.41, 5.74) is 0. The van der Waals surface area contributed by atoms with Gasteiger partial charge in [-0.2, -0.15) is 0 Å². The third-order valence-electron chi connectivity index (χ3n) is 2.59. The fraction of sp³-hybridized carbons (Fsp3) is 0.571. The van der Waals surface area contributed by atoms with E-state index in [1.807, 2.05) is 13.8 Å². The summed E-state index contributed by atoms with van der Waals surface area (Å²) in [6.45, 7) is 12.0. The van der Waals surface area contributed by atoms with Crippen molar-refractivity contribution in [3.05, 3.63) is 25.3 Å². The molecule has 108 valence electrons. The Balaban J connectivity index is 4.39. The molecule has 0 radical (unpaired) electrons. The van der Waals surface area contributed by atoms with Crippen LogP contribution in [0.2, 0.25) is 0 Å². The van der Waals surface area contributed by atoms with E-state index in [9.17, 15) is 9.59 Å². The highest BCUT2D eigenvalue weighted by molar-refractivity contribution is 5.76. The summed E-state index contributed by atoms with van der Waals surface area (Å²) >= 11 is 0. The van der Waals surface area contributed by atoms with Crippen LogP contribution in [0.25, 0.3) is 0 Å². The quantitative estimate of drug-likeness (QED) is 0.629. The Hall–Kier alpha value is -1.78. The number of carboxylic acids is 1. The summed E-state index contributed by atoms with van der Waals surface area (Å²) < 4.78 is 0. The van der Waals surface area contributed by atoms with E-state index >= 15 is 0 Å². The number of aliphatic carboxylic acids is 1. The van der Waals surface area contributed by atoms with Crippen LogP contribution in [-0.4, -0.2) is 41.6 Å². The Bertz CT molecular complexity index is 317. The maximum absolute atomic E-state index is 11.9. The van der Waals surface area contributed by atoms with E-state index in [2.05, 4.69) is 18.5 Å². The molecule has 0 aliphatic carbocycles. The number of nitrogens with one attached hydrogen (secondary N) is 1. The monoisotopic (exact) mass is 268 g/mol. The third kappa shape index (κ3) is 7.28. The average molecular weight is 268 g/mol. The molecule has 0 aromatic heterocycles. The number of amides is 2. The van der Waals surface area contributed by atoms with E-state index in [1.165, 1.54) is 4.90 Å². The fourth-order valence-electron chi connectivity index (χ4n) is 1.71. The minimum Gasteiger partial charge on any atom is -0.481 e. The maximum Gasteiger partial charge on any atom is 0.317 e. The molecule has 19 heavy (non-hydrogen) atoms. The Morgan fingerprint density at radius 1 is 1.26 bits per heavy atom. The zero-order valence-corrected chi connectivity index (χ0v) is 11.8. The van der Waals surface area contributed by atoms with Crippen molar-refractivity contribution in [1.29, 1.82) is 0 Å². The summed E-state index contributed by atoms with van der Waals surface area (Å²) in [7, 11) is 0. The molecule has 5 nitrogen and oxygen atoms in total. The lowest BCUT2D eigenvalue weighted by atomic mass is 9.97. The smallest absolute Gasteiger partial charge is 0.317 e. The predicted molar refractivity (Wildman–Crippen MR) is 75.9 cm³/mol. The normalized spacial score (nSPS) is 11.7. The second-order valence-corrected chi connectivity index (χ2v) is 4.83. The van der Waals surface area contributed by atoms with Crippen molar-refractivity contribution in [2.45, 2.75) is 20.3 Å². The SMILES string of the molecule is C=CCN(CC=C)C(=O)NCC(CC(C)C)C(=O)O. The van der Waals surface area contributed by atoms with Crippen molar-refractivity contribution in [1.82, 2.24) is 10.2 Å². The molecule has 0 aliphatic heterocycles. The third-order valence-corrected chi connectivity index (χ3v) is 2.59. The van der Waals surface area contributed by atoms with Crippen LogP contribution in [0.1, 0.15) is 20.3 Å². The van der Waals surface area contributed by atoms with E-state index in [-0.39, 0.29) is 18.5 Å². The number of urea groups is 1. The second-order valence-electron chi connectivity index (χ2n) is 4.83. The highest BCUT2D eigenvalue weighted by atomic mass is 16.4. The van der Waals surface area contributed by atoms with Crippen LogP contribution in [0.5, 0.6) is 0 Å². The van der Waals surface area contributed by atoms with E-state index in [0.29, 0.717) is 19.5 Å². The van der Waals surface area contributed by atoms with Crippen LogP contribution >= 0.6 is 0 Å². The van der Waals surface area contributed by atoms with Gasteiger partial charge in [-0.1, -0.05) is 26.0 Å². The van der Waals surface area contributed by atoms with Crippen molar-refractivity contribution in [2.75, 3.05) is 19.6 Å². The summed E-state index contributed by atoms with van der Waals surface area (Å²) in [4.78, 5) is 24.4. The van der Waals surface area contributed by atoms with Gasteiger partial charge in [0.2, 0.25) is 0 Å². The van der Waals surface area contributed by atoms with Gasteiger partial charge in [0.15, 0.2) is 0 Å². The molecule has 2 N–H and O–H groups in total. The molecule has 0 bridgehead atoms. The Labute approximate surface area is 115 Å². The van der Waals surface area contributed by atoms with Crippen LogP contribution in [-0.2, 0) is 4.79 Å². The van der Waals surface area contributed by atoms with E-state index < -0.39 is 11.9 Å². The average Bonchev–Trinajstić information content (AvgIpc) is 2.33. The minimum atomic E-state index is -0.881. The van der Waals surface area contributed by atoms with Gasteiger partial charge in [-0.25, -0.2) is 4.79 Å². The van der Waals surface area contributed by atoms with Crippen LogP contribution in [0.3, 0.4) is 0 Å². The lowest BCUT2D eigenvalue weighted by Gasteiger charge is -2.22. The van der Waals surface area contributed by atoms with Crippen molar-refractivity contribution >= 4 is 12.0 Å². The van der Waals surface area contributed by atoms with Crippen LogP contribution < -0.4 is 5.32 Å². The maximum atomic E-state index is 11.9. The summed E-state index contributed by atoms with van der Waals surface area (Å²) in [6, 6.07) is -0.296. The topological polar surface area (TPSA) is 69.6 Å². The molecule has 1 atom stereocenters. The molecule has 0 saturated heterocycles. The Morgan fingerprint density at radius 3 is 2.16 bits per heavy atom. The van der Waals surface area contributed by atoms with Crippen LogP contribution in [0, 0.1) is 11.8 Å². The van der Waals surface area contributed by atoms with Crippen LogP contribution in [0.15, 0.2) is 25.3 Å². The van der Waals surface area contributed by atoms with Gasteiger partial charge in [0.05, 0.1) is 5.92 Å². The van der Waals surface area contributed by atoms with Crippen molar-refractivity contribution in [2.24, 2.45) is 11.8 Å². The molecule has 5 heteroatoms. The van der Waals surface area contributed by atoms with Crippen molar-refractivity contribution in [3.63, 3.8) is 0 Å². The lowest BCUT2D eigenvalue weighted by molar-refractivity contribution is -0.142. The molecule has 0 fully saturated rings. The molecule has 0 spiro atoms. The van der Waals surface area contributed by atoms with Crippen molar-refractivity contribution in [3.8, 4) is 0 Å². The van der Waals surface area contributed by atoms with E-state index in [1.54, 1.807) is 12.2 Å². The molecule has 0 saturated carbocycles. The Kier molecular flexibility index (Phi) is 8.33. The van der Waals surface area contributed by atoms with Gasteiger partial charge in [-0.3, -0.25) is 4.79 Å². The van der Waals surface area contributed by atoms with Crippen LogP contribution in [0.4, 0.5) is 4.79 Å². The first-order chi connectivity index (χ1) is 8.92. The molecule has 0 heterocycles. The molecule has 0 aromatic carbocycles. The first-order valence-electron chi connectivity index (χ1n) is 6.39. The zero-order chi connectivity index (χ0) is 14.8. The summed E-state index contributed by atoms with van der Waals surface area (Å²) in [5, 5.41) is 11.7. The van der Waals surface area contributed by atoms with Gasteiger partial charge in [0, 0.05) is 19.6 Å². The number of rotatable bonds is 9. The fourth-order valence-corrected chi connectivity index (χ4v) is 1.71. The second kappa shape index (κ2) is 9.19. The van der Waals surface area contributed by atoms with Gasteiger partial charge in [-0.15, -0.1) is 13.2 Å². The van der Waals surface area contributed by atoms with Gasteiger partial charge < -0.3 is 15.3 Å². The number of hydrogen-bond donors (Lipinski definition) is 2. The molecule has 0 rings (SSSR count). The first kappa shape index (κ1) is 17.2. The highest BCUT2D eigenvalue weighted by Crippen LogP contribution is 2.11. The van der Waals surface area contributed by atoms with Gasteiger partial charge in [-0.05, 0) is 12.3 Å². The number of hydrogen-bond acceptors (Lipinski definition) is 2. The number of carboxylic acid groups (broad SMARTS) is 1. The number of nitrogens with zero attached hydrogens (tertiary/aromatic N) is 1. The van der Waals surface area contributed by atoms with E-state index in [0.717, 1.165) is 0 Å². The Morgan fingerprint density at radius 2 is 1.79 bits per heavy atom. The molecular weight excluding hydrogens is 244 g/mol. The lowest BCUT2D eigenvalue weighted by Crippen LogP contribution is -2.43. The van der Waals surface area contributed by atoms with Crippen molar-refractivity contribution < 1.29 is 14.7 Å². The molecule has 2 amide bonds. The van der Waals surface area contributed by atoms with E-state index in [4.69, 9.17) is 5.11 Å². The first-order valence-corrected chi connectivity index (χ1v) is 6.39. The summed E-state index contributed by atoms with van der Waals surface area (Å²) in [5.74, 6) is -1.17. The van der Waals surface area contributed by atoms with Gasteiger partial charge >= 0.3 is 12.0 Å². The minimum absolute atomic E-state index is 0.136. The highest BCUT2D eigenvalue weighted by Gasteiger charge is 2.20. The van der Waals surface area contributed by atoms with Gasteiger partial charge in [0.25, 0.3) is 0 Å². The largest absolute Gasteiger partial charge is 0.481 e. The van der Waals surface area contributed by atoms with Gasteiger partial charge in [0.1, 0.15) is 0 Å². The predicted octanol–water partition coefficient (Wildman–Crippen LogP) is 2.12. The molecule has 1 unspecified atom stereocenters. The number of carbonyl (C=O) groups is 2. The molecule has 0 aliphatic rings. The zero-order valence-electron chi connectivity index (χ0n) is 11.8.